The molecule has 1 N–H and O–H groups in total. The number of cyclic esters (lactones) is 1. The summed E-state index contributed by atoms with van der Waals surface area (Å²) in [6, 6.07) is -0.390. The highest BCUT2D eigenvalue weighted by Crippen LogP contribution is 2.19. The molecule has 7 heteroatoms. The highest BCUT2D eigenvalue weighted by Gasteiger charge is 2.41. The van der Waals surface area contributed by atoms with E-state index < -0.39 is 6.09 Å². The summed E-state index contributed by atoms with van der Waals surface area (Å²) in [5.41, 5.74) is 0. The molecule has 2 rings (SSSR count). The van der Waals surface area contributed by atoms with Crippen LogP contribution in [0.4, 0.5) is 9.59 Å². The normalized spacial score (nSPS) is 23.5. The number of carbonyl (C=O) groups excluding carboxylic acids is 3. The van der Waals surface area contributed by atoms with Crippen LogP contribution in [-0.4, -0.2) is 60.1 Å². The van der Waals surface area contributed by atoms with Crippen molar-refractivity contribution in [2.75, 3.05) is 26.2 Å². The van der Waals surface area contributed by atoms with E-state index >= 15 is 0 Å². The van der Waals surface area contributed by atoms with Crippen molar-refractivity contribution >= 4 is 18.0 Å². The summed E-state index contributed by atoms with van der Waals surface area (Å²) in [6.07, 6.45) is 0.890. The van der Waals surface area contributed by atoms with Gasteiger partial charge in [0, 0.05) is 19.6 Å². The van der Waals surface area contributed by atoms with Crippen molar-refractivity contribution in [1.82, 2.24) is 15.1 Å². The number of amides is 4. The maximum absolute atomic E-state index is 11.7. The minimum Gasteiger partial charge on any atom is -0.439 e. The molecule has 1 atom stereocenters. The Morgan fingerprint density at radius 2 is 2.28 bits per heavy atom. The zero-order chi connectivity index (χ0) is 13.1. The van der Waals surface area contributed by atoms with E-state index in [0.29, 0.717) is 26.1 Å². The molecule has 0 saturated carbocycles. The number of nitrogens with one attached hydrogen (secondary N) is 1. The molecule has 2 aliphatic rings. The largest absolute Gasteiger partial charge is 0.439 e. The van der Waals surface area contributed by atoms with Crippen molar-refractivity contribution in [1.29, 1.82) is 0 Å². The summed E-state index contributed by atoms with van der Waals surface area (Å²) in [6.45, 7) is 3.36. The van der Waals surface area contributed by atoms with Crippen LogP contribution >= 0.6 is 0 Å². The van der Waals surface area contributed by atoms with Gasteiger partial charge in [-0.2, -0.15) is 0 Å². The number of hydrogen-bond donors (Lipinski definition) is 1. The van der Waals surface area contributed by atoms with Gasteiger partial charge in [-0.15, -0.1) is 0 Å². The third-order valence-electron chi connectivity index (χ3n) is 3.13. The Morgan fingerprint density at radius 3 is 2.89 bits per heavy atom. The third kappa shape index (κ3) is 2.39. The SMILES string of the molecule is CCCNC(=O)N1CCC(N2C(=O)COC2=O)C1. The first-order valence-corrected chi connectivity index (χ1v) is 6.15. The quantitative estimate of drug-likeness (QED) is 0.779. The number of imide groups is 1. The van der Waals surface area contributed by atoms with E-state index in [1.54, 1.807) is 4.90 Å². The van der Waals surface area contributed by atoms with Gasteiger partial charge >= 0.3 is 12.1 Å². The van der Waals surface area contributed by atoms with Crippen molar-refractivity contribution in [2.45, 2.75) is 25.8 Å². The van der Waals surface area contributed by atoms with E-state index in [0.717, 1.165) is 11.3 Å². The maximum atomic E-state index is 11.7. The van der Waals surface area contributed by atoms with Gasteiger partial charge in [-0.05, 0) is 12.8 Å². The van der Waals surface area contributed by atoms with E-state index in [1.165, 1.54) is 0 Å². The topological polar surface area (TPSA) is 79.0 Å². The molecule has 100 valence electrons. The minimum atomic E-state index is -0.596. The zero-order valence-corrected chi connectivity index (χ0v) is 10.3. The highest BCUT2D eigenvalue weighted by molar-refractivity contribution is 5.98. The summed E-state index contributed by atoms with van der Waals surface area (Å²) in [7, 11) is 0. The van der Waals surface area contributed by atoms with Crippen LogP contribution in [0, 0.1) is 0 Å². The maximum Gasteiger partial charge on any atom is 0.417 e. The summed E-state index contributed by atoms with van der Waals surface area (Å²) >= 11 is 0. The Morgan fingerprint density at radius 1 is 1.50 bits per heavy atom. The lowest BCUT2D eigenvalue weighted by Crippen LogP contribution is -2.44. The van der Waals surface area contributed by atoms with E-state index in [-0.39, 0.29) is 24.6 Å². The molecule has 1 unspecified atom stereocenters. The van der Waals surface area contributed by atoms with Crippen LogP contribution in [0.3, 0.4) is 0 Å². The molecule has 4 amide bonds. The number of hydrogen-bond acceptors (Lipinski definition) is 4. The minimum absolute atomic E-state index is 0.139. The van der Waals surface area contributed by atoms with Crippen LogP contribution in [0.2, 0.25) is 0 Å². The molecule has 2 aliphatic heterocycles. The van der Waals surface area contributed by atoms with Gasteiger partial charge in [0.2, 0.25) is 0 Å². The second-order valence-corrected chi connectivity index (χ2v) is 4.44. The van der Waals surface area contributed by atoms with E-state index in [2.05, 4.69) is 10.1 Å². The molecular weight excluding hydrogens is 238 g/mol. The molecule has 0 aromatic carbocycles. The molecule has 0 bridgehead atoms. The van der Waals surface area contributed by atoms with E-state index in [1.807, 2.05) is 6.92 Å². The fourth-order valence-corrected chi connectivity index (χ4v) is 2.20. The van der Waals surface area contributed by atoms with E-state index in [9.17, 15) is 14.4 Å². The summed E-state index contributed by atoms with van der Waals surface area (Å²) in [5, 5.41) is 2.78. The summed E-state index contributed by atoms with van der Waals surface area (Å²) in [5.74, 6) is -0.319. The van der Waals surface area contributed by atoms with Crippen molar-refractivity contribution in [3.8, 4) is 0 Å². The number of likely N-dealkylation sites (tertiary alicyclic amines) is 1. The van der Waals surface area contributed by atoms with Gasteiger partial charge in [0.05, 0.1) is 6.04 Å². The number of ether oxygens (including phenoxy) is 1. The number of nitrogens with zero attached hydrogens (tertiary/aromatic N) is 2. The molecule has 18 heavy (non-hydrogen) atoms. The average molecular weight is 255 g/mol. The van der Waals surface area contributed by atoms with Crippen molar-refractivity contribution in [3.63, 3.8) is 0 Å². The zero-order valence-electron chi connectivity index (χ0n) is 10.3. The first-order valence-electron chi connectivity index (χ1n) is 6.15. The Bertz CT molecular complexity index is 355. The molecule has 7 nitrogen and oxygen atoms in total. The van der Waals surface area contributed by atoms with Gasteiger partial charge in [0.25, 0.3) is 5.91 Å². The number of urea groups is 1. The van der Waals surface area contributed by atoms with Crippen LogP contribution in [-0.2, 0) is 9.53 Å². The first-order chi connectivity index (χ1) is 8.63. The Hall–Kier alpha value is -1.79. The molecule has 0 radical (unpaired) electrons. The van der Waals surface area contributed by atoms with Crippen LogP contribution in [0.15, 0.2) is 0 Å². The molecule has 0 aliphatic carbocycles. The molecule has 0 aromatic heterocycles. The molecule has 2 heterocycles. The molecule has 2 fully saturated rings. The number of carbonyl (C=O) groups is 3. The Labute approximate surface area is 105 Å². The standard InChI is InChI=1S/C11H17N3O4/c1-2-4-12-10(16)13-5-3-8(6-13)14-9(15)7-18-11(14)17/h8H,2-7H2,1H3,(H,12,16). The van der Waals surface area contributed by atoms with Crippen LogP contribution in [0.25, 0.3) is 0 Å². The number of rotatable bonds is 3. The Kier molecular flexibility index (Phi) is 3.69. The van der Waals surface area contributed by atoms with Crippen molar-refractivity contribution in [2.24, 2.45) is 0 Å². The third-order valence-corrected chi connectivity index (χ3v) is 3.13. The molecule has 0 spiro atoms. The summed E-state index contributed by atoms with van der Waals surface area (Å²) in [4.78, 5) is 37.3. The lowest BCUT2D eigenvalue weighted by molar-refractivity contribution is -0.127. The molecular formula is C11H17N3O4. The lowest BCUT2D eigenvalue weighted by Gasteiger charge is -2.20. The fourth-order valence-electron chi connectivity index (χ4n) is 2.20. The predicted octanol–water partition coefficient (Wildman–Crippen LogP) is 0.159. The first kappa shape index (κ1) is 12.7. The molecule has 0 aromatic rings. The lowest BCUT2D eigenvalue weighted by atomic mass is 10.2. The van der Waals surface area contributed by atoms with Gasteiger partial charge in [-0.25, -0.2) is 14.5 Å². The predicted molar refractivity (Wildman–Crippen MR) is 61.9 cm³/mol. The second-order valence-electron chi connectivity index (χ2n) is 4.44. The van der Waals surface area contributed by atoms with Gasteiger partial charge in [0.1, 0.15) is 0 Å². The van der Waals surface area contributed by atoms with Gasteiger partial charge in [-0.3, -0.25) is 4.79 Å². The highest BCUT2D eigenvalue weighted by atomic mass is 16.6. The van der Waals surface area contributed by atoms with Gasteiger partial charge in [0.15, 0.2) is 6.61 Å². The van der Waals surface area contributed by atoms with E-state index in [4.69, 9.17) is 0 Å². The second kappa shape index (κ2) is 5.24. The van der Waals surface area contributed by atoms with Crippen LogP contribution in [0.1, 0.15) is 19.8 Å². The smallest absolute Gasteiger partial charge is 0.417 e. The van der Waals surface area contributed by atoms with Crippen LogP contribution < -0.4 is 5.32 Å². The van der Waals surface area contributed by atoms with Gasteiger partial charge in [-0.1, -0.05) is 6.92 Å². The van der Waals surface area contributed by atoms with Gasteiger partial charge < -0.3 is 15.0 Å². The van der Waals surface area contributed by atoms with Crippen LogP contribution in [0.5, 0.6) is 0 Å². The summed E-state index contributed by atoms with van der Waals surface area (Å²) < 4.78 is 4.67. The Balaban J connectivity index is 1.90. The monoisotopic (exact) mass is 255 g/mol. The van der Waals surface area contributed by atoms with Crippen molar-refractivity contribution in [3.05, 3.63) is 0 Å². The van der Waals surface area contributed by atoms with Crippen molar-refractivity contribution < 1.29 is 19.1 Å². The fraction of sp³-hybridized carbons (Fsp3) is 0.727. The average Bonchev–Trinajstić information content (AvgIpc) is 2.93. The molecule has 2 saturated heterocycles.